The molecule has 0 amide bonds. The van der Waals surface area contributed by atoms with E-state index in [0.717, 1.165) is 27.6 Å². The molecule has 0 atom stereocenters. The van der Waals surface area contributed by atoms with Crippen LogP contribution in [0.15, 0.2) is 46.9 Å². The Hall–Kier alpha value is -1.61. The molecule has 2 aromatic carbocycles. The highest BCUT2D eigenvalue weighted by atomic mass is 79.9. The van der Waals surface area contributed by atoms with E-state index < -0.39 is 0 Å². The van der Waals surface area contributed by atoms with Crippen LogP contribution in [0, 0.1) is 0 Å². The average Bonchev–Trinajstić information content (AvgIpc) is 2.38. The maximum absolute atomic E-state index is 10.8. The normalized spacial score (nSPS) is 10.0. The van der Waals surface area contributed by atoms with Crippen LogP contribution in [0.5, 0.6) is 5.75 Å². The first-order chi connectivity index (χ1) is 8.24. The third-order valence-corrected chi connectivity index (χ3v) is 2.99. The van der Waals surface area contributed by atoms with E-state index in [0.29, 0.717) is 5.56 Å². The Balaban J connectivity index is 2.59. The van der Waals surface area contributed by atoms with E-state index in [-0.39, 0.29) is 0 Å². The minimum Gasteiger partial charge on any atom is -0.496 e. The molecule has 0 unspecified atom stereocenters. The standard InChI is InChI=1S/C14H11BrO2/c1-17-14-6-5-10(9-16)7-13(14)11-3-2-4-12(15)8-11/h2-9H,1H3. The van der Waals surface area contributed by atoms with Crippen molar-refractivity contribution in [3.63, 3.8) is 0 Å². The van der Waals surface area contributed by atoms with Crippen molar-refractivity contribution in [2.75, 3.05) is 7.11 Å². The van der Waals surface area contributed by atoms with Crippen molar-refractivity contribution in [2.45, 2.75) is 0 Å². The van der Waals surface area contributed by atoms with Crippen LogP contribution in [0.1, 0.15) is 10.4 Å². The highest BCUT2D eigenvalue weighted by Crippen LogP contribution is 2.31. The van der Waals surface area contributed by atoms with Gasteiger partial charge in [-0.25, -0.2) is 0 Å². The van der Waals surface area contributed by atoms with Gasteiger partial charge in [0.05, 0.1) is 7.11 Å². The first kappa shape index (κ1) is 11.9. The molecule has 0 aliphatic heterocycles. The summed E-state index contributed by atoms with van der Waals surface area (Å²) < 4.78 is 6.30. The molecule has 0 fully saturated rings. The Kier molecular flexibility index (Phi) is 3.59. The first-order valence-electron chi connectivity index (χ1n) is 5.14. The SMILES string of the molecule is COc1ccc(C=O)cc1-c1cccc(Br)c1. The van der Waals surface area contributed by atoms with Crippen molar-refractivity contribution < 1.29 is 9.53 Å². The molecule has 0 saturated heterocycles. The fourth-order valence-corrected chi connectivity index (χ4v) is 2.08. The monoisotopic (exact) mass is 290 g/mol. The van der Waals surface area contributed by atoms with Gasteiger partial charge in [-0.2, -0.15) is 0 Å². The fraction of sp³-hybridized carbons (Fsp3) is 0.0714. The average molecular weight is 291 g/mol. The summed E-state index contributed by atoms with van der Waals surface area (Å²) in [5, 5.41) is 0. The van der Waals surface area contributed by atoms with Gasteiger partial charge in [0.1, 0.15) is 12.0 Å². The molecular weight excluding hydrogens is 280 g/mol. The molecule has 0 radical (unpaired) electrons. The number of rotatable bonds is 3. The molecule has 3 heteroatoms. The molecule has 0 aromatic heterocycles. The molecule has 0 spiro atoms. The Morgan fingerprint density at radius 2 is 2.00 bits per heavy atom. The predicted molar refractivity (Wildman–Crippen MR) is 71.5 cm³/mol. The number of halogens is 1. The van der Waals surface area contributed by atoms with E-state index in [1.165, 1.54) is 0 Å². The quantitative estimate of drug-likeness (QED) is 0.801. The van der Waals surface area contributed by atoms with Crippen molar-refractivity contribution >= 4 is 22.2 Å². The number of aldehydes is 1. The molecule has 2 rings (SSSR count). The number of hydrogen-bond acceptors (Lipinski definition) is 2. The van der Waals surface area contributed by atoms with Crippen LogP contribution in [0.3, 0.4) is 0 Å². The van der Waals surface area contributed by atoms with Gasteiger partial charge in [0.15, 0.2) is 0 Å². The van der Waals surface area contributed by atoms with E-state index in [9.17, 15) is 4.79 Å². The van der Waals surface area contributed by atoms with Crippen molar-refractivity contribution in [3.8, 4) is 16.9 Å². The van der Waals surface area contributed by atoms with Gasteiger partial charge in [0.2, 0.25) is 0 Å². The third-order valence-electron chi connectivity index (χ3n) is 2.50. The topological polar surface area (TPSA) is 26.3 Å². The van der Waals surface area contributed by atoms with Crippen molar-refractivity contribution in [1.82, 2.24) is 0 Å². The fourth-order valence-electron chi connectivity index (χ4n) is 1.68. The zero-order valence-electron chi connectivity index (χ0n) is 9.31. The Bertz CT molecular complexity index is 550. The zero-order valence-corrected chi connectivity index (χ0v) is 10.9. The van der Waals surface area contributed by atoms with E-state index in [2.05, 4.69) is 15.9 Å². The van der Waals surface area contributed by atoms with E-state index >= 15 is 0 Å². The largest absolute Gasteiger partial charge is 0.496 e. The molecule has 0 bridgehead atoms. The Morgan fingerprint density at radius 1 is 1.18 bits per heavy atom. The van der Waals surface area contributed by atoms with Gasteiger partial charge < -0.3 is 4.74 Å². The second-order valence-electron chi connectivity index (χ2n) is 3.59. The lowest BCUT2D eigenvalue weighted by Crippen LogP contribution is -1.90. The molecule has 2 nitrogen and oxygen atoms in total. The third kappa shape index (κ3) is 2.56. The molecule has 86 valence electrons. The summed E-state index contributed by atoms with van der Waals surface area (Å²) in [6.45, 7) is 0. The van der Waals surface area contributed by atoms with Gasteiger partial charge in [-0.05, 0) is 35.9 Å². The minimum atomic E-state index is 0.640. The maximum atomic E-state index is 10.8. The van der Waals surface area contributed by atoms with Gasteiger partial charge in [-0.1, -0.05) is 28.1 Å². The number of methoxy groups -OCH3 is 1. The number of carbonyl (C=O) groups is 1. The molecule has 0 saturated carbocycles. The maximum Gasteiger partial charge on any atom is 0.150 e. The van der Waals surface area contributed by atoms with Crippen molar-refractivity contribution in [2.24, 2.45) is 0 Å². The highest BCUT2D eigenvalue weighted by Gasteiger charge is 2.07. The van der Waals surface area contributed by atoms with Crippen LogP contribution in [0.4, 0.5) is 0 Å². The smallest absolute Gasteiger partial charge is 0.150 e. The van der Waals surface area contributed by atoms with Gasteiger partial charge in [0, 0.05) is 15.6 Å². The number of hydrogen-bond donors (Lipinski definition) is 0. The van der Waals surface area contributed by atoms with Gasteiger partial charge in [0.25, 0.3) is 0 Å². The number of ether oxygens (including phenoxy) is 1. The second-order valence-corrected chi connectivity index (χ2v) is 4.50. The highest BCUT2D eigenvalue weighted by molar-refractivity contribution is 9.10. The Morgan fingerprint density at radius 3 is 2.65 bits per heavy atom. The second kappa shape index (κ2) is 5.15. The van der Waals surface area contributed by atoms with Crippen LogP contribution >= 0.6 is 15.9 Å². The summed E-state index contributed by atoms with van der Waals surface area (Å²) in [6.07, 6.45) is 0.834. The van der Waals surface area contributed by atoms with Crippen LogP contribution in [0.2, 0.25) is 0 Å². The molecule has 0 N–H and O–H groups in total. The van der Waals surface area contributed by atoms with Crippen LogP contribution in [-0.2, 0) is 0 Å². The molecule has 0 aliphatic rings. The lowest BCUT2D eigenvalue weighted by molar-refractivity contribution is 0.112. The minimum absolute atomic E-state index is 0.640. The zero-order chi connectivity index (χ0) is 12.3. The van der Waals surface area contributed by atoms with E-state index in [1.54, 1.807) is 19.2 Å². The molecule has 0 aliphatic carbocycles. The summed E-state index contributed by atoms with van der Waals surface area (Å²) in [5.74, 6) is 0.758. The summed E-state index contributed by atoms with van der Waals surface area (Å²) in [4.78, 5) is 10.8. The number of benzene rings is 2. The van der Waals surface area contributed by atoms with Gasteiger partial charge >= 0.3 is 0 Å². The van der Waals surface area contributed by atoms with Crippen LogP contribution < -0.4 is 4.74 Å². The van der Waals surface area contributed by atoms with Crippen molar-refractivity contribution in [3.05, 3.63) is 52.5 Å². The lowest BCUT2D eigenvalue weighted by atomic mass is 10.0. The molecule has 17 heavy (non-hydrogen) atoms. The van der Waals surface area contributed by atoms with Gasteiger partial charge in [-0.3, -0.25) is 4.79 Å². The van der Waals surface area contributed by atoms with E-state index in [1.807, 2.05) is 30.3 Å². The number of carbonyl (C=O) groups excluding carboxylic acids is 1. The Labute approximate surface area is 108 Å². The van der Waals surface area contributed by atoms with Crippen LogP contribution in [-0.4, -0.2) is 13.4 Å². The summed E-state index contributed by atoms with van der Waals surface area (Å²) in [7, 11) is 1.62. The van der Waals surface area contributed by atoms with Crippen molar-refractivity contribution in [1.29, 1.82) is 0 Å². The predicted octanol–water partition coefficient (Wildman–Crippen LogP) is 3.94. The molecule has 2 aromatic rings. The first-order valence-corrected chi connectivity index (χ1v) is 5.93. The molecule has 0 heterocycles. The van der Waals surface area contributed by atoms with Crippen LogP contribution in [0.25, 0.3) is 11.1 Å². The van der Waals surface area contributed by atoms with Gasteiger partial charge in [-0.15, -0.1) is 0 Å². The summed E-state index contributed by atoms with van der Waals surface area (Å²) in [5.41, 5.74) is 2.57. The molecular formula is C14H11BrO2. The van der Waals surface area contributed by atoms with E-state index in [4.69, 9.17) is 4.74 Å². The summed E-state index contributed by atoms with van der Waals surface area (Å²) in [6, 6.07) is 13.3. The summed E-state index contributed by atoms with van der Waals surface area (Å²) >= 11 is 3.43. The lowest BCUT2D eigenvalue weighted by Gasteiger charge is -2.09.